The molecule has 7 nitrogen and oxygen atoms in total. The first kappa shape index (κ1) is 17.8. The normalized spacial score (nSPS) is 16.6. The first-order chi connectivity index (χ1) is 13.1. The summed E-state index contributed by atoms with van der Waals surface area (Å²) in [4.78, 5) is 20.6. The SMILES string of the molecule is CCC(=O)N=S(=O)(CC1CCC1)c1ccc2nn(-c3cncnc3)cc2c1. The summed E-state index contributed by atoms with van der Waals surface area (Å²) in [6, 6.07) is 5.46. The molecule has 1 aliphatic carbocycles. The van der Waals surface area contributed by atoms with Crippen LogP contribution in [0, 0.1) is 5.92 Å². The lowest BCUT2D eigenvalue weighted by Gasteiger charge is -2.26. The van der Waals surface area contributed by atoms with Crippen molar-refractivity contribution in [3.05, 3.63) is 43.1 Å². The number of benzene rings is 1. The molecular weight excluding hydrogens is 362 g/mol. The highest BCUT2D eigenvalue weighted by atomic mass is 32.2. The van der Waals surface area contributed by atoms with Gasteiger partial charge < -0.3 is 0 Å². The minimum absolute atomic E-state index is 0.260. The van der Waals surface area contributed by atoms with E-state index in [-0.39, 0.29) is 12.3 Å². The van der Waals surface area contributed by atoms with E-state index in [1.807, 2.05) is 18.3 Å². The van der Waals surface area contributed by atoms with Crippen LogP contribution in [0.25, 0.3) is 16.6 Å². The third-order valence-corrected chi connectivity index (χ3v) is 7.31. The summed E-state index contributed by atoms with van der Waals surface area (Å²) in [5.74, 6) is 0.521. The molecule has 0 saturated heterocycles. The van der Waals surface area contributed by atoms with Crippen LogP contribution in [-0.2, 0) is 14.5 Å². The zero-order chi connectivity index (χ0) is 18.9. The number of hydrogen-bond donors (Lipinski definition) is 0. The van der Waals surface area contributed by atoms with Gasteiger partial charge in [0, 0.05) is 28.7 Å². The van der Waals surface area contributed by atoms with Crippen molar-refractivity contribution in [2.24, 2.45) is 10.3 Å². The second-order valence-electron chi connectivity index (χ2n) is 6.83. The molecule has 2 aromatic heterocycles. The van der Waals surface area contributed by atoms with Gasteiger partial charge in [0.1, 0.15) is 12.0 Å². The third kappa shape index (κ3) is 3.62. The maximum Gasteiger partial charge on any atom is 0.253 e. The van der Waals surface area contributed by atoms with Gasteiger partial charge in [-0.25, -0.2) is 18.9 Å². The predicted octanol–water partition coefficient (Wildman–Crippen LogP) is 3.38. The quantitative estimate of drug-likeness (QED) is 0.674. The van der Waals surface area contributed by atoms with Crippen LogP contribution in [0.4, 0.5) is 0 Å². The molecule has 0 bridgehead atoms. The molecule has 0 N–H and O–H groups in total. The molecule has 0 radical (unpaired) electrons. The van der Waals surface area contributed by atoms with Gasteiger partial charge in [-0.15, -0.1) is 0 Å². The number of rotatable bonds is 5. The largest absolute Gasteiger partial charge is 0.272 e. The van der Waals surface area contributed by atoms with Gasteiger partial charge in [-0.3, -0.25) is 4.79 Å². The number of amides is 1. The molecule has 4 rings (SSSR count). The van der Waals surface area contributed by atoms with Crippen LogP contribution in [-0.4, -0.2) is 35.6 Å². The van der Waals surface area contributed by atoms with Crippen LogP contribution in [0.3, 0.4) is 0 Å². The molecule has 1 amide bonds. The molecule has 1 aliphatic rings. The van der Waals surface area contributed by atoms with Gasteiger partial charge >= 0.3 is 0 Å². The Morgan fingerprint density at radius 1 is 1.30 bits per heavy atom. The summed E-state index contributed by atoms with van der Waals surface area (Å²) in [5, 5.41) is 5.36. The van der Waals surface area contributed by atoms with Gasteiger partial charge in [-0.05, 0) is 37.0 Å². The molecule has 0 spiro atoms. The summed E-state index contributed by atoms with van der Waals surface area (Å²) in [6.45, 7) is 1.74. The van der Waals surface area contributed by atoms with Gasteiger partial charge in [-0.1, -0.05) is 13.3 Å². The van der Waals surface area contributed by atoms with Gasteiger partial charge in [0.15, 0.2) is 0 Å². The predicted molar refractivity (Wildman–Crippen MR) is 103 cm³/mol. The van der Waals surface area contributed by atoms with Crippen molar-refractivity contribution in [3.8, 4) is 5.69 Å². The summed E-state index contributed by atoms with van der Waals surface area (Å²) < 4.78 is 19.5. The summed E-state index contributed by atoms with van der Waals surface area (Å²) >= 11 is 0. The number of nitrogens with zero attached hydrogens (tertiary/aromatic N) is 5. The monoisotopic (exact) mass is 383 g/mol. The number of aromatic nitrogens is 4. The zero-order valence-corrected chi connectivity index (χ0v) is 15.9. The van der Waals surface area contributed by atoms with Gasteiger partial charge in [0.25, 0.3) is 5.91 Å². The van der Waals surface area contributed by atoms with Crippen molar-refractivity contribution in [1.29, 1.82) is 0 Å². The molecule has 1 fully saturated rings. The lowest BCUT2D eigenvalue weighted by molar-refractivity contribution is -0.117. The average Bonchev–Trinajstić information content (AvgIpc) is 3.09. The van der Waals surface area contributed by atoms with Crippen molar-refractivity contribution in [3.63, 3.8) is 0 Å². The fourth-order valence-electron chi connectivity index (χ4n) is 3.14. The second-order valence-corrected chi connectivity index (χ2v) is 9.10. The summed E-state index contributed by atoms with van der Waals surface area (Å²) in [5.41, 5.74) is 1.52. The van der Waals surface area contributed by atoms with Gasteiger partial charge in [-0.2, -0.15) is 9.46 Å². The minimum Gasteiger partial charge on any atom is -0.272 e. The molecule has 0 aliphatic heterocycles. The Bertz CT molecular complexity index is 1100. The lowest BCUT2D eigenvalue weighted by Crippen LogP contribution is -2.23. The zero-order valence-electron chi connectivity index (χ0n) is 15.1. The highest BCUT2D eigenvalue weighted by Gasteiger charge is 2.26. The van der Waals surface area contributed by atoms with E-state index in [0.717, 1.165) is 35.9 Å². The standard InChI is InChI=1S/C19H21N5O2S/c1-2-19(25)23-27(26,12-14-4-3-5-14)17-6-7-18-15(8-17)11-24(22-18)16-9-20-13-21-10-16/h6-11,13-14H,2-5,12H2,1H3. The van der Waals surface area contributed by atoms with Crippen LogP contribution in [0.1, 0.15) is 32.6 Å². The number of hydrogen-bond acceptors (Lipinski definition) is 5. The average molecular weight is 383 g/mol. The van der Waals surface area contributed by atoms with Crippen LogP contribution in [0.5, 0.6) is 0 Å². The Labute approximate surface area is 158 Å². The minimum atomic E-state index is -2.77. The van der Waals surface area contributed by atoms with E-state index in [1.54, 1.807) is 30.1 Å². The van der Waals surface area contributed by atoms with Gasteiger partial charge in [0.2, 0.25) is 0 Å². The summed E-state index contributed by atoms with van der Waals surface area (Å²) in [6.07, 6.45) is 10.2. The number of carbonyl (C=O) groups excluding carboxylic acids is 1. The molecule has 1 aromatic carbocycles. The van der Waals surface area contributed by atoms with Crippen LogP contribution in [0.15, 0.2) is 52.4 Å². The Morgan fingerprint density at radius 3 is 2.74 bits per heavy atom. The Morgan fingerprint density at radius 2 is 2.07 bits per heavy atom. The smallest absolute Gasteiger partial charge is 0.253 e. The fourth-order valence-corrected chi connectivity index (χ4v) is 5.53. The van der Waals surface area contributed by atoms with E-state index in [9.17, 15) is 9.00 Å². The molecule has 1 saturated carbocycles. The fraction of sp³-hybridized carbons (Fsp3) is 0.368. The molecule has 27 heavy (non-hydrogen) atoms. The third-order valence-electron chi connectivity index (χ3n) is 4.89. The molecule has 1 atom stereocenters. The second kappa shape index (κ2) is 7.19. The lowest BCUT2D eigenvalue weighted by atomic mass is 9.87. The maximum atomic E-state index is 13.6. The van der Waals surface area contributed by atoms with Crippen molar-refractivity contribution in [2.75, 3.05) is 5.75 Å². The highest BCUT2D eigenvalue weighted by Crippen LogP contribution is 2.31. The summed E-state index contributed by atoms with van der Waals surface area (Å²) in [7, 11) is -2.77. The highest BCUT2D eigenvalue weighted by molar-refractivity contribution is 7.94. The Balaban J connectivity index is 1.77. The molecule has 2 heterocycles. The number of fused-ring (bicyclic) bond motifs is 1. The van der Waals surface area contributed by atoms with Crippen molar-refractivity contribution >= 4 is 26.5 Å². The first-order valence-corrected chi connectivity index (χ1v) is 10.8. The van der Waals surface area contributed by atoms with Crippen LogP contribution >= 0.6 is 0 Å². The topological polar surface area (TPSA) is 90.1 Å². The van der Waals surface area contributed by atoms with E-state index in [0.29, 0.717) is 16.6 Å². The molecule has 8 heteroatoms. The Hall–Kier alpha value is -2.61. The molecule has 140 valence electrons. The van der Waals surface area contributed by atoms with Crippen molar-refractivity contribution in [2.45, 2.75) is 37.5 Å². The van der Waals surface area contributed by atoms with Gasteiger partial charge in [0.05, 0.1) is 27.6 Å². The Kier molecular flexibility index (Phi) is 4.73. The number of carbonyl (C=O) groups is 1. The van der Waals surface area contributed by atoms with Crippen molar-refractivity contribution in [1.82, 2.24) is 19.7 Å². The molecular formula is C19H21N5O2S. The molecule has 3 aromatic rings. The maximum absolute atomic E-state index is 13.6. The van der Waals surface area contributed by atoms with Crippen molar-refractivity contribution < 1.29 is 9.00 Å². The van der Waals surface area contributed by atoms with Crippen LogP contribution in [0.2, 0.25) is 0 Å². The van der Waals surface area contributed by atoms with E-state index < -0.39 is 9.73 Å². The molecule has 1 unspecified atom stereocenters. The van der Waals surface area contributed by atoms with E-state index in [2.05, 4.69) is 19.4 Å². The van der Waals surface area contributed by atoms with Crippen LogP contribution < -0.4 is 0 Å². The first-order valence-electron chi connectivity index (χ1n) is 9.10. The van der Waals surface area contributed by atoms with E-state index in [4.69, 9.17) is 0 Å². The van der Waals surface area contributed by atoms with E-state index >= 15 is 0 Å². The van der Waals surface area contributed by atoms with E-state index in [1.165, 1.54) is 6.33 Å².